The second-order valence-electron chi connectivity index (χ2n) is 8.25. The first-order valence-corrected chi connectivity index (χ1v) is 11.2. The van der Waals surface area contributed by atoms with Gasteiger partial charge in [0, 0.05) is 29.8 Å². The quantitative estimate of drug-likeness (QED) is 0.461. The molecule has 0 radical (unpaired) electrons. The second-order valence-corrected chi connectivity index (χ2v) is 8.25. The van der Waals surface area contributed by atoms with Crippen molar-refractivity contribution in [1.82, 2.24) is 14.8 Å². The minimum atomic E-state index is -0.0966. The number of benzene rings is 3. The van der Waals surface area contributed by atoms with Crippen LogP contribution in [-0.4, -0.2) is 20.7 Å². The van der Waals surface area contributed by atoms with Crippen LogP contribution in [0.25, 0.3) is 11.4 Å². The highest BCUT2D eigenvalue weighted by atomic mass is 16.1. The molecule has 32 heavy (non-hydrogen) atoms. The number of carbonyl (C=O) groups excluding carboxylic acids is 1. The minimum absolute atomic E-state index is 0.0966. The van der Waals surface area contributed by atoms with Gasteiger partial charge in [-0.15, -0.1) is 10.2 Å². The third kappa shape index (κ3) is 4.33. The number of anilines is 1. The molecule has 4 aromatic rings. The Bertz CT molecular complexity index is 1210. The monoisotopic (exact) mass is 422 g/mol. The average Bonchev–Trinajstić information content (AvgIpc) is 3.08. The Morgan fingerprint density at radius 3 is 2.47 bits per heavy atom. The van der Waals surface area contributed by atoms with Crippen molar-refractivity contribution in [3.8, 4) is 11.4 Å². The van der Waals surface area contributed by atoms with Gasteiger partial charge in [0.2, 0.25) is 0 Å². The summed E-state index contributed by atoms with van der Waals surface area (Å²) in [7, 11) is 0. The molecule has 0 saturated carbocycles. The summed E-state index contributed by atoms with van der Waals surface area (Å²) in [6.45, 7) is 0.967. The van der Waals surface area contributed by atoms with E-state index in [9.17, 15) is 4.79 Å². The van der Waals surface area contributed by atoms with Crippen molar-refractivity contribution in [1.29, 1.82) is 0 Å². The van der Waals surface area contributed by atoms with Gasteiger partial charge in [0.15, 0.2) is 5.82 Å². The van der Waals surface area contributed by atoms with Crippen LogP contribution in [0.3, 0.4) is 0 Å². The van der Waals surface area contributed by atoms with Crippen LogP contribution in [0.4, 0.5) is 5.69 Å². The zero-order chi connectivity index (χ0) is 21.8. The van der Waals surface area contributed by atoms with Crippen molar-refractivity contribution in [2.75, 3.05) is 5.32 Å². The Hall–Kier alpha value is -3.73. The topological polar surface area (TPSA) is 59.8 Å². The zero-order valence-corrected chi connectivity index (χ0v) is 18.0. The number of aromatic nitrogens is 3. The van der Waals surface area contributed by atoms with E-state index in [4.69, 9.17) is 0 Å². The standard InChI is InChI=1S/C27H26N4O/c32-27(24-12-7-6-11-22(24)19-20-9-3-1-4-10-20)28-23-16-14-21(15-17-23)26-30-29-25-13-5-2-8-18-31(25)26/h1,3-4,6-7,9-12,14-17H,2,5,8,13,18-19H2,(H,28,32). The van der Waals surface area contributed by atoms with Gasteiger partial charge in [0.1, 0.15) is 5.82 Å². The van der Waals surface area contributed by atoms with Crippen molar-refractivity contribution in [2.45, 2.75) is 38.6 Å². The lowest BCUT2D eigenvalue weighted by Crippen LogP contribution is -2.14. The Kier molecular flexibility index (Phi) is 5.79. The first kappa shape index (κ1) is 20.2. The predicted octanol–water partition coefficient (Wildman–Crippen LogP) is 5.51. The fourth-order valence-corrected chi connectivity index (χ4v) is 4.31. The van der Waals surface area contributed by atoms with Crippen LogP contribution in [0.1, 0.15) is 46.6 Å². The van der Waals surface area contributed by atoms with E-state index in [2.05, 4.69) is 32.2 Å². The maximum Gasteiger partial charge on any atom is 0.255 e. The molecule has 0 aliphatic carbocycles. The summed E-state index contributed by atoms with van der Waals surface area (Å²) in [6.07, 6.45) is 5.29. The van der Waals surface area contributed by atoms with E-state index < -0.39 is 0 Å². The summed E-state index contributed by atoms with van der Waals surface area (Å²) in [5, 5.41) is 11.9. The number of nitrogens with one attached hydrogen (secondary N) is 1. The fourth-order valence-electron chi connectivity index (χ4n) is 4.31. The van der Waals surface area contributed by atoms with Gasteiger partial charge in [0.05, 0.1) is 0 Å². The second kappa shape index (κ2) is 9.18. The Morgan fingerprint density at radius 1 is 0.844 bits per heavy atom. The number of rotatable bonds is 5. The number of hydrogen-bond donors (Lipinski definition) is 1. The molecule has 1 aliphatic rings. The summed E-state index contributed by atoms with van der Waals surface area (Å²) in [4.78, 5) is 13.0. The van der Waals surface area contributed by atoms with E-state index in [0.717, 1.165) is 54.3 Å². The van der Waals surface area contributed by atoms with Crippen LogP contribution in [0.2, 0.25) is 0 Å². The number of carbonyl (C=O) groups is 1. The van der Waals surface area contributed by atoms with E-state index >= 15 is 0 Å². The van der Waals surface area contributed by atoms with Gasteiger partial charge in [-0.3, -0.25) is 4.79 Å². The lowest BCUT2D eigenvalue weighted by Gasteiger charge is -2.11. The molecule has 0 spiro atoms. The molecule has 1 N–H and O–H groups in total. The molecule has 0 unspecified atom stereocenters. The maximum atomic E-state index is 13.0. The minimum Gasteiger partial charge on any atom is -0.322 e. The molecular formula is C27H26N4O. The van der Waals surface area contributed by atoms with Gasteiger partial charge in [-0.2, -0.15) is 0 Å². The van der Waals surface area contributed by atoms with Crippen molar-refractivity contribution in [2.24, 2.45) is 0 Å². The highest BCUT2D eigenvalue weighted by Gasteiger charge is 2.16. The van der Waals surface area contributed by atoms with Gasteiger partial charge < -0.3 is 9.88 Å². The fraction of sp³-hybridized carbons (Fsp3) is 0.222. The summed E-state index contributed by atoms with van der Waals surface area (Å²) in [5.41, 5.74) is 4.68. The highest BCUT2D eigenvalue weighted by Crippen LogP contribution is 2.24. The predicted molar refractivity (Wildman–Crippen MR) is 127 cm³/mol. The normalized spacial score (nSPS) is 13.2. The molecule has 1 amide bonds. The summed E-state index contributed by atoms with van der Waals surface area (Å²) in [5.74, 6) is 1.89. The van der Waals surface area contributed by atoms with Crippen LogP contribution in [0.15, 0.2) is 78.9 Å². The smallest absolute Gasteiger partial charge is 0.255 e. The molecule has 1 aromatic heterocycles. The van der Waals surface area contributed by atoms with E-state index in [-0.39, 0.29) is 5.91 Å². The number of amides is 1. The molecule has 0 bridgehead atoms. The van der Waals surface area contributed by atoms with Crippen molar-refractivity contribution in [3.05, 3.63) is 101 Å². The first-order chi connectivity index (χ1) is 15.8. The summed E-state index contributed by atoms with van der Waals surface area (Å²) < 4.78 is 2.24. The molecule has 5 rings (SSSR count). The van der Waals surface area contributed by atoms with E-state index in [0.29, 0.717) is 5.56 Å². The Morgan fingerprint density at radius 2 is 1.62 bits per heavy atom. The third-order valence-corrected chi connectivity index (χ3v) is 6.01. The number of aryl methyl sites for hydroxylation is 1. The van der Waals surface area contributed by atoms with Crippen molar-refractivity contribution in [3.63, 3.8) is 0 Å². The lowest BCUT2D eigenvalue weighted by atomic mass is 9.99. The molecular weight excluding hydrogens is 396 g/mol. The molecule has 2 heterocycles. The zero-order valence-electron chi connectivity index (χ0n) is 18.0. The van der Waals surface area contributed by atoms with Crippen molar-refractivity contribution >= 4 is 11.6 Å². The molecule has 0 saturated heterocycles. The average molecular weight is 423 g/mol. The van der Waals surface area contributed by atoms with Crippen LogP contribution >= 0.6 is 0 Å². The molecule has 3 aromatic carbocycles. The molecule has 5 nitrogen and oxygen atoms in total. The summed E-state index contributed by atoms with van der Waals surface area (Å²) in [6, 6.07) is 25.9. The van der Waals surface area contributed by atoms with Crippen LogP contribution in [0.5, 0.6) is 0 Å². The number of hydrogen-bond acceptors (Lipinski definition) is 3. The molecule has 1 aliphatic heterocycles. The lowest BCUT2D eigenvalue weighted by molar-refractivity contribution is 0.102. The van der Waals surface area contributed by atoms with Crippen LogP contribution < -0.4 is 5.32 Å². The summed E-state index contributed by atoms with van der Waals surface area (Å²) >= 11 is 0. The van der Waals surface area contributed by atoms with Crippen molar-refractivity contribution < 1.29 is 4.79 Å². The van der Waals surface area contributed by atoms with Gasteiger partial charge in [-0.1, -0.05) is 55.0 Å². The Balaban J connectivity index is 1.33. The molecule has 0 fully saturated rings. The SMILES string of the molecule is O=C(Nc1ccc(-c2nnc3n2CCCCC3)cc1)c1ccccc1Cc1ccccc1. The molecule has 0 atom stereocenters. The van der Waals surface area contributed by atoms with Gasteiger partial charge >= 0.3 is 0 Å². The number of fused-ring (bicyclic) bond motifs is 1. The largest absolute Gasteiger partial charge is 0.322 e. The molecule has 5 heteroatoms. The van der Waals surface area contributed by atoms with Crippen LogP contribution in [-0.2, 0) is 19.4 Å². The van der Waals surface area contributed by atoms with E-state index in [1.807, 2.05) is 66.7 Å². The van der Waals surface area contributed by atoms with E-state index in [1.165, 1.54) is 18.4 Å². The molecule has 160 valence electrons. The third-order valence-electron chi connectivity index (χ3n) is 6.01. The Labute approximate surface area is 188 Å². The van der Waals surface area contributed by atoms with Gasteiger partial charge in [-0.25, -0.2) is 0 Å². The number of nitrogens with zero attached hydrogens (tertiary/aromatic N) is 3. The first-order valence-electron chi connectivity index (χ1n) is 11.2. The van der Waals surface area contributed by atoms with E-state index in [1.54, 1.807) is 0 Å². The highest BCUT2D eigenvalue weighted by molar-refractivity contribution is 6.05. The van der Waals surface area contributed by atoms with Gasteiger partial charge in [0.25, 0.3) is 5.91 Å². The maximum absolute atomic E-state index is 13.0. The van der Waals surface area contributed by atoms with Crippen LogP contribution in [0, 0.1) is 0 Å². The van der Waals surface area contributed by atoms with Gasteiger partial charge in [-0.05, 0) is 60.7 Å².